The number of hydroxylamine groups is 1. The first-order valence-corrected chi connectivity index (χ1v) is 11.8. The van der Waals surface area contributed by atoms with Crippen LogP contribution in [0.15, 0.2) is 36.5 Å². The van der Waals surface area contributed by atoms with Gasteiger partial charge in [-0.1, -0.05) is 31.6 Å². The van der Waals surface area contributed by atoms with Gasteiger partial charge in [-0.2, -0.15) is 0 Å². The molecule has 0 aromatic rings. The zero-order valence-corrected chi connectivity index (χ0v) is 19.7. The van der Waals surface area contributed by atoms with Crippen molar-refractivity contribution in [2.45, 2.75) is 52.6 Å². The van der Waals surface area contributed by atoms with E-state index in [4.69, 9.17) is 4.74 Å². The van der Waals surface area contributed by atoms with E-state index in [0.29, 0.717) is 12.8 Å². The number of allylic oxidation sites excluding steroid dienone is 5. The topological polar surface area (TPSA) is 113 Å². The van der Waals surface area contributed by atoms with E-state index >= 15 is 0 Å². The van der Waals surface area contributed by atoms with Crippen LogP contribution < -0.4 is 5.48 Å². The molecule has 4 aliphatic carbocycles. The molecule has 3 fully saturated rings. The number of carbonyl (C=O) groups is 3. The Hall–Kier alpha value is -2.09. The normalized spacial score (nSPS) is 43.7. The SMILES string of the molecule is C=C[C@]1(C(=O)COC(C)=O)[C@H](CNO)CC2[C@@H]3CCC4=CC(=O)C=C[C@]4(C)C3[C@@H](O)C[C@@]21C. The summed E-state index contributed by atoms with van der Waals surface area (Å²) in [5.74, 6) is -0.844. The molecule has 3 N–H and O–H groups in total. The number of aliphatic hydroxyl groups excluding tert-OH is 1. The van der Waals surface area contributed by atoms with Crippen LogP contribution >= 0.6 is 0 Å². The summed E-state index contributed by atoms with van der Waals surface area (Å²) in [6.45, 7) is 9.32. The van der Waals surface area contributed by atoms with E-state index in [1.807, 2.05) is 6.08 Å². The molecule has 0 aromatic heterocycles. The number of esters is 1. The van der Waals surface area contributed by atoms with Crippen molar-refractivity contribution in [2.75, 3.05) is 13.2 Å². The van der Waals surface area contributed by atoms with Crippen LogP contribution in [0.25, 0.3) is 0 Å². The molecule has 0 aliphatic heterocycles. The first-order chi connectivity index (χ1) is 15.5. The predicted octanol–water partition coefficient (Wildman–Crippen LogP) is 2.77. The van der Waals surface area contributed by atoms with Gasteiger partial charge in [0, 0.05) is 24.8 Å². The minimum atomic E-state index is -1.05. The maximum Gasteiger partial charge on any atom is 0.303 e. The fourth-order valence-electron chi connectivity index (χ4n) is 8.24. The zero-order valence-electron chi connectivity index (χ0n) is 19.7. The number of aliphatic hydroxyl groups is 1. The Bertz CT molecular complexity index is 939. The molecule has 0 aromatic carbocycles. The molecule has 0 saturated heterocycles. The van der Waals surface area contributed by atoms with Gasteiger partial charge in [0.05, 0.1) is 11.5 Å². The van der Waals surface area contributed by atoms with Crippen molar-refractivity contribution < 1.29 is 29.4 Å². The standard InChI is InChI=1S/C26H35NO6/c1-5-26(22(31)14-33-15(2)28)17(13-27-32)11-20-19-7-6-16-10-18(29)8-9-24(16,3)23(19)21(30)12-25(20,26)4/h5,8-10,17,19-21,23,27,30,32H,1,6-7,11-14H2,2-4H3/t17-,19-,20?,21-,23?,24-,25-,26+/m0/s1. The van der Waals surface area contributed by atoms with Crippen molar-refractivity contribution in [2.24, 2.45) is 39.9 Å². The number of carbonyl (C=O) groups excluding carboxylic acids is 3. The maximum atomic E-state index is 13.6. The molecule has 3 saturated carbocycles. The Morgan fingerprint density at radius 3 is 2.73 bits per heavy atom. The van der Waals surface area contributed by atoms with Gasteiger partial charge in [0.15, 0.2) is 18.2 Å². The lowest BCUT2D eigenvalue weighted by atomic mass is 9.44. The third-order valence-corrected chi connectivity index (χ3v) is 9.54. The average molecular weight is 458 g/mol. The summed E-state index contributed by atoms with van der Waals surface area (Å²) < 4.78 is 5.09. The fourth-order valence-corrected chi connectivity index (χ4v) is 8.24. The van der Waals surface area contributed by atoms with Gasteiger partial charge in [0.1, 0.15) is 0 Å². The highest BCUT2D eigenvalue weighted by Crippen LogP contribution is 2.71. The molecule has 33 heavy (non-hydrogen) atoms. The third kappa shape index (κ3) is 3.31. The average Bonchev–Trinajstić information content (AvgIpc) is 3.00. The molecule has 4 aliphatic rings. The number of hydrogen-bond acceptors (Lipinski definition) is 7. The lowest BCUT2D eigenvalue weighted by Crippen LogP contribution is -2.59. The second-order valence-corrected chi connectivity index (χ2v) is 10.8. The Morgan fingerprint density at radius 2 is 2.09 bits per heavy atom. The van der Waals surface area contributed by atoms with E-state index in [1.54, 1.807) is 18.2 Å². The van der Waals surface area contributed by atoms with E-state index in [-0.39, 0.29) is 48.4 Å². The van der Waals surface area contributed by atoms with Crippen LogP contribution in [0, 0.1) is 39.9 Å². The van der Waals surface area contributed by atoms with Gasteiger partial charge < -0.3 is 15.1 Å². The molecule has 2 unspecified atom stereocenters. The first kappa shape index (κ1) is 24.0. The number of Topliss-reactive ketones (excluding diaryl/α,β-unsaturated/α-hetero) is 1. The van der Waals surface area contributed by atoms with E-state index in [1.165, 1.54) is 6.92 Å². The van der Waals surface area contributed by atoms with Gasteiger partial charge in [-0.15, -0.1) is 6.58 Å². The summed E-state index contributed by atoms with van der Waals surface area (Å²) >= 11 is 0. The maximum absolute atomic E-state index is 13.6. The van der Waals surface area contributed by atoms with E-state index in [9.17, 15) is 24.7 Å². The molecule has 0 heterocycles. The molecule has 7 heteroatoms. The van der Waals surface area contributed by atoms with Gasteiger partial charge in [0.25, 0.3) is 0 Å². The van der Waals surface area contributed by atoms with Crippen molar-refractivity contribution in [3.8, 4) is 0 Å². The van der Waals surface area contributed by atoms with Crippen LogP contribution in [-0.4, -0.2) is 47.1 Å². The minimum Gasteiger partial charge on any atom is -0.458 e. The zero-order chi connectivity index (χ0) is 24.2. The van der Waals surface area contributed by atoms with Crippen LogP contribution in [0.4, 0.5) is 0 Å². The van der Waals surface area contributed by atoms with Gasteiger partial charge in [-0.3, -0.25) is 14.4 Å². The van der Waals surface area contributed by atoms with Crippen LogP contribution in [0.5, 0.6) is 0 Å². The summed E-state index contributed by atoms with van der Waals surface area (Å²) in [6, 6.07) is 0. The van der Waals surface area contributed by atoms with Crippen molar-refractivity contribution >= 4 is 17.5 Å². The molecule has 0 bridgehead atoms. The molecule has 0 amide bonds. The second-order valence-electron chi connectivity index (χ2n) is 10.8. The van der Waals surface area contributed by atoms with Crippen LogP contribution in [0.3, 0.4) is 0 Å². The molecule has 180 valence electrons. The molecule has 7 nitrogen and oxygen atoms in total. The van der Waals surface area contributed by atoms with Gasteiger partial charge in [0.2, 0.25) is 0 Å². The van der Waals surface area contributed by atoms with Crippen molar-refractivity contribution in [3.63, 3.8) is 0 Å². The third-order valence-electron chi connectivity index (χ3n) is 9.54. The van der Waals surface area contributed by atoms with E-state index in [0.717, 1.165) is 18.4 Å². The lowest BCUT2D eigenvalue weighted by molar-refractivity contribution is -0.160. The highest BCUT2D eigenvalue weighted by Gasteiger charge is 2.70. The number of rotatable bonds is 6. The molecule has 0 radical (unpaired) electrons. The van der Waals surface area contributed by atoms with Crippen molar-refractivity contribution in [1.82, 2.24) is 5.48 Å². The van der Waals surface area contributed by atoms with Crippen LogP contribution in [0.1, 0.15) is 46.5 Å². The van der Waals surface area contributed by atoms with Gasteiger partial charge >= 0.3 is 5.97 Å². The molecule has 4 rings (SSSR count). The summed E-state index contributed by atoms with van der Waals surface area (Å²) in [7, 11) is 0. The van der Waals surface area contributed by atoms with Crippen molar-refractivity contribution in [1.29, 1.82) is 0 Å². The Morgan fingerprint density at radius 1 is 1.36 bits per heavy atom. The number of fused-ring (bicyclic) bond motifs is 5. The summed E-state index contributed by atoms with van der Waals surface area (Å²) in [4.78, 5) is 37.1. The number of hydrogen-bond donors (Lipinski definition) is 3. The van der Waals surface area contributed by atoms with E-state index < -0.39 is 28.3 Å². The number of ether oxygens (including phenoxy) is 1. The van der Waals surface area contributed by atoms with Crippen LogP contribution in [0.2, 0.25) is 0 Å². The first-order valence-electron chi connectivity index (χ1n) is 11.8. The summed E-state index contributed by atoms with van der Waals surface area (Å²) in [6.07, 6.45) is 8.97. The van der Waals surface area contributed by atoms with Crippen molar-refractivity contribution in [3.05, 3.63) is 36.5 Å². The number of ketones is 2. The molecular weight excluding hydrogens is 422 g/mol. The molecule has 8 atom stereocenters. The Labute approximate surface area is 194 Å². The van der Waals surface area contributed by atoms with E-state index in [2.05, 4.69) is 25.9 Å². The number of nitrogens with one attached hydrogen (secondary N) is 1. The lowest BCUT2D eigenvalue weighted by Gasteiger charge is -2.60. The molecule has 0 spiro atoms. The summed E-state index contributed by atoms with van der Waals surface area (Å²) in [5.41, 5.74) is 1.27. The predicted molar refractivity (Wildman–Crippen MR) is 121 cm³/mol. The van der Waals surface area contributed by atoms with Crippen LogP contribution in [-0.2, 0) is 19.1 Å². The Kier molecular flexibility index (Phi) is 6.04. The highest BCUT2D eigenvalue weighted by molar-refractivity contribution is 6.01. The van der Waals surface area contributed by atoms with Gasteiger partial charge in [-0.05, 0) is 61.0 Å². The fraction of sp³-hybridized carbons (Fsp3) is 0.654. The Balaban J connectivity index is 1.77. The summed E-state index contributed by atoms with van der Waals surface area (Å²) in [5, 5.41) is 21.2. The molecular formula is C26H35NO6. The quantitative estimate of drug-likeness (QED) is 0.319. The largest absolute Gasteiger partial charge is 0.458 e. The highest BCUT2D eigenvalue weighted by atomic mass is 16.5. The van der Waals surface area contributed by atoms with Gasteiger partial charge in [-0.25, -0.2) is 5.48 Å². The smallest absolute Gasteiger partial charge is 0.303 e. The minimum absolute atomic E-state index is 0.00671. The monoisotopic (exact) mass is 457 g/mol. The second kappa shape index (κ2) is 8.29.